The molecule has 4 nitrogen and oxygen atoms in total. The SMILES string of the molecule is C[CH-]C.N[CH-][C@@H](O)CC(=O)O.[Ba+2]. The van der Waals surface area contributed by atoms with Crippen molar-refractivity contribution in [2.24, 2.45) is 5.73 Å². The molecule has 0 aromatic rings. The topological polar surface area (TPSA) is 83.5 Å². The molecule has 5 heteroatoms. The Labute approximate surface area is 114 Å². The Kier molecular flexibility index (Phi) is 22.6. The van der Waals surface area contributed by atoms with E-state index >= 15 is 0 Å². The number of hydrogen-bond acceptors (Lipinski definition) is 3. The first-order chi connectivity index (χ1) is 5.08. The van der Waals surface area contributed by atoms with Gasteiger partial charge in [0.2, 0.25) is 0 Å². The maximum Gasteiger partial charge on any atom is 2.00 e. The summed E-state index contributed by atoms with van der Waals surface area (Å²) in [5.41, 5.74) is 4.78. The molecule has 0 bridgehead atoms. The normalized spacial score (nSPS) is 10.3. The van der Waals surface area contributed by atoms with Crippen molar-refractivity contribution in [1.29, 1.82) is 0 Å². The van der Waals surface area contributed by atoms with Crippen LogP contribution in [0.3, 0.4) is 0 Å². The molecule has 0 saturated heterocycles. The van der Waals surface area contributed by atoms with Gasteiger partial charge in [-0.1, -0.05) is 0 Å². The molecule has 0 aliphatic carbocycles. The Bertz CT molecular complexity index is 101. The van der Waals surface area contributed by atoms with Gasteiger partial charge in [-0.15, -0.1) is 0 Å². The monoisotopic (exact) mass is 299 g/mol. The van der Waals surface area contributed by atoms with E-state index in [1.54, 1.807) is 0 Å². The van der Waals surface area contributed by atoms with Crippen LogP contribution in [0.2, 0.25) is 0 Å². The molecule has 0 saturated carbocycles. The van der Waals surface area contributed by atoms with E-state index in [4.69, 9.17) is 15.9 Å². The van der Waals surface area contributed by atoms with Crippen LogP contribution >= 0.6 is 0 Å². The minimum Gasteiger partial charge on any atom is -0.481 e. The molecular weight excluding hydrogens is 283 g/mol. The molecule has 0 aromatic carbocycles. The molecule has 68 valence electrons. The van der Waals surface area contributed by atoms with Crippen LogP contribution in [-0.4, -0.2) is 71.2 Å². The van der Waals surface area contributed by atoms with Crippen molar-refractivity contribution in [2.45, 2.75) is 26.4 Å². The third-order valence-corrected chi connectivity index (χ3v) is 0.606. The number of rotatable bonds is 3. The van der Waals surface area contributed by atoms with E-state index in [1.807, 2.05) is 20.3 Å². The van der Waals surface area contributed by atoms with Crippen molar-refractivity contribution in [3.63, 3.8) is 0 Å². The van der Waals surface area contributed by atoms with Crippen molar-refractivity contribution in [3.8, 4) is 0 Å². The smallest absolute Gasteiger partial charge is 0.481 e. The average molecular weight is 299 g/mol. The molecule has 0 aromatic heterocycles. The van der Waals surface area contributed by atoms with Crippen LogP contribution in [0, 0.1) is 13.0 Å². The zero-order chi connectivity index (χ0) is 9.28. The summed E-state index contributed by atoms with van der Waals surface area (Å²) in [4.78, 5) is 9.73. The van der Waals surface area contributed by atoms with Crippen LogP contribution < -0.4 is 5.73 Å². The minimum absolute atomic E-state index is 0. The van der Waals surface area contributed by atoms with E-state index < -0.39 is 12.1 Å². The molecule has 0 heterocycles. The molecule has 0 amide bonds. The summed E-state index contributed by atoms with van der Waals surface area (Å²) >= 11 is 0. The number of carbonyl (C=O) groups is 1. The van der Waals surface area contributed by atoms with Gasteiger partial charge in [-0.05, 0) is 6.10 Å². The van der Waals surface area contributed by atoms with Gasteiger partial charge in [-0.2, -0.15) is 13.8 Å². The molecule has 0 aliphatic heterocycles. The fourth-order valence-corrected chi connectivity index (χ4v) is 0.247. The fourth-order valence-electron chi connectivity index (χ4n) is 0.247. The maximum absolute atomic E-state index is 9.73. The third-order valence-electron chi connectivity index (χ3n) is 0.606. The van der Waals surface area contributed by atoms with Crippen LogP contribution in [0.5, 0.6) is 0 Å². The number of aliphatic hydroxyl groups is 1. The number of carboxylic acids is 1. The van der Waals surface area contributed by atoms with Gasteiger partial charge in [-0.3, -0.25) is 4.79 Å². The number of aliphatic hydroxyl groups excluding tert-OH is 1. The number of nitrogens with two attached hydrogens (primary N) is 1. The Hall–Kier alpha value is 0.961. The maximum atomic E-state index is 9.73. The van der Waals surface area contributed by atoms with E-state index in [0.717, 1.165) is 6.54 Å². The minimum atomic E-state index is -1.06. The molecule has 0 radical (unpaired) electrons. The summed E-state index contributed by atoms with van der Waals surface area (Å²) < 4.78 is 0. The fraction of sp³-hybridized carbons (Fsp3) is 0.571. The Balaban J connectivity index is -0.000000177. The predicted octanol–water partition coefficient (Wildman–Crippen LogP) is -0.208. The van der Waals surface area contributed by atoms with E-state index in [2.05, 4.69) is 0 Å². The van der Waals surface area contributed by atoms with Crippen molar-refractivity contribution in [3.05, 3.63) is 13.0 Å². The van der Waals surface area contributed by atoms with Gasteiger partial charge < -0.3 is 22.4 Å². The molecular formula is C7H15BaNO3. The van der Waals surface area contributed by atoms with Crippen LogP contribution in [0.15, 0.2) is 0 Å². The summed E-state index contributed by atoms with van der Waals surface area (Å²) in [6.45, 7) is 4.94. The van der Waals surface area contributed by atoms with Gasteiger partial charge in [0.1, 0.15) is 0 Å². The molecule has 1 atom stereocenters. The van der Waals surface area contributed by atoms with Gasteiger partial charge in [0.05, 0.1) is 0 Å². The quantitative estimate of drug-likeness (QED) is 0.497. The zero-order valence-corrected chi connectivity index (χ0v) is 12.0. The average Bonchev–Trinajstić information content (AvgIpc) is 1.88. The molecule has 12 heavy (non-hydrogen) atoms. The molecule has 4 N–H and O–H groups in total. The second-order valence-corrected chi connectivity index (χ2v) is 1.94. The first-order valence-corrected chi connectivity index (χ1v) is 3.27. The van der Waals surface area contributed by atoms with E-state index in [-0.39, 0.29) is 55.3 Å². The second-order valence-electron chi connectivity index (χ2n) is 1.94. The molecule has 0 fully saturated rings. The van der Waals surface area contributed by atoms with Crippen molar-refractivity contribution in [2.75, 3.05) is 0 Å². The summed E-state index contributed by atoms with van der Waals surface area (Å²) in [5.74, 6) is -1.06. The number of carboxylic acid groups (broad SMARTS) is 1. The van der Waals surface area contributed by atoms with Crippen LogP contribution in [0.4, 0.5) is 0 Å². The van der Waals surface area contributed by atoms with Crippen molar-refractivity contribution < 1.29 is 15.0 Å². The van der Waals surface area contributed by atoms with Crippen LogP contribution in [0.1, 0.15) is 20.3 Å². The van der Waals surface area contributed by atoms with Gasteiger partial charge in [0, 0.05) is 6.42 Å². The third kappa shape index (κ3) is 22.4. The molecule has 0 spiro atoms. The predicted molar refractivity (Wildman–Crippen MR) is 48.1 cm³/mol. The Morgan fingerprint density at radius 2 is 1.92 bits per heavy atom. The van der Waals surface area contributed by atoms with Crippen LogP contribution in [-0.2, 0) is 4.79 Å². The van der Waals surface area contributed by atoms with E-state index in [1.165, 1.54) is 0 Å². The number of hydrogen-bond donors (Lipinski definition) is 3. The van der Waals surface area contributed by atoms with Crippen molar-refractivity contribution >= 4 is 54.9 Å². The summed E-state index contributed by atoms with van der Waals surface area (Å²) in [7, 11) is 0. The second kappa shape index (κ2) is 14.5. The molecule has 0 rings (SSSR count). The van der Waals surface area contributed by atoms with Gasteiger partial charge >= 0.3 is 54.9 Å². The standard InChI is InChI=1S/C4H8NO3.C3H7.Ba/c5-2-3(6)1-4(7)8;1-3-2;/h2-3,6H,1,5H2,(H,7,8);3H,1-2H3;/q2*-1;+2/t3-;;/m0../s1. The summed E-state index contributed by atoms with van der Waals surface area (Å²) in [6.07, 6.45) is 0.656. The number of aliphatic carboxylic acids is 1. The van der Waals surface area contributed by atoms with Gasteiger partial charge in [-0.25, -0.2) is 6.54 Å². The first kappa shape index (κ1) is 18.7. The van der Waals surface area contributed by atoms with Gasteiger partial charge in [0.25, 0.3) is 0 Å². The van der Waals surface area contributed by atoms with E-state index in [9.17, 15) is 4.79 Å². The van der Waals surface area contributed by atoms with E-state index in [0.29, 0.717) is 0 Å². The summed E-state index contributed by atoms with van der Waals surface area (Å²) in [6, 6.07) is 0. The van der Waals surface area contributed by atoms with Crippen LogP contribution in [0.25, 0.3) is 0 Å². The van der Waals surface area contributed by atoms with Crippen molar-refractivity contribution in [1.82, 2.24) is 0 Å². The van der Waals surface area contributed by atoms with Gasteiger partial charge in [0.15, 0.2) is 0 Å². The largest absolute Gasteiger partial charge is 2.00 e. The Morgan fingerprint density at radius 1 is 1.58 bits per heavy atom. The Morgan fingerprint density at radius 3 is 2.00 bits per heavy atom. The zero-order valence-electron chi connectivity index (χ0n) is 7.53. The molecule has 0 aliphatic rings. The summed E-state index contributed by atoms with van der Waals surface area (Å²) in [5, 5.41) is 16.4. The molecule has 0 unspecified atom stereocenters. The first-order valence-electron chi connectivity index (χ1n) is 3.27.